The van der Waals surface area contributed by atoms with Gasteiger partial charge in [-0.2, -0.15) is 0 Å². The van der Waals surface area contributed by atoms with Crippen LogP contribution in [-0.4, -0.2) is 15.6 Å². The molecule has 1 aliphatic carbocycles. The van der Waals surface area contributed by atoms with Crippen molar-refractivity contribution in [3.63, 3.8) is 0 Å². The normalized spacial score (nSPS) is 23.9. The van der Waals surface area contributed by atoms with Crippen molar-refractivity contribution >= 4 is 11.0 Å². The van der Waals surface area contributed by atoms with E-state index >= 15 is 0 Å². The SMILES string of the molecule is CCc1nc2ccc(C3CCC(N)CC3)cc2n1C. The van der Waals surface area contributed by atoms with Crippen LogP contribution in [0.1, 0.15) is 49.9 Å². The predicted octanol–water partition coefficient (Wildman–Crippen LogP) is 3.12. The minimum Gasteiger partial charge on any atom is -0.331 e. The zero-order valence-corrected chi connectivity index (χ0v) is 11.9. The zero-order valence-electron chi connectivity index (χ0n) is 11.9. The van der Waals surface area contributed by atoms with Gasteiger partial charge in [0.2, 0.25) is 0 Å². The molecule has 0 atom stereocenters. The van der Waals surface area contributed by atoms with E-state index < -0.39 is 0 Å². The monoisotopic (exact) mass is 257 g/mol. The molecule has 3 rings (SSSR count). The Morgan fingerprint density at radius 3 is 2.68 bits per heavy atom. The van der Waals surface area contributed by atoms with Gasteiger partial charge in [-0.1, -0.05) is 13.0 Å². The predicted molar refractivity (Wildman–Crippen MR) is 79.3 cm³/mol. The van der Waals surface area contributed by atoms with Crippen molar-refractivity contribution in [2.75, 3.05) is 0 Å². The molecule has 102 valence electrons. The third-order valence-electron chi connectivity index (χ3n) is 4.56. The van der Waals surface area contributed by atoms with Gasteiger partial charge in [-0.3, -0.25) is 0 Å². The molecule has 1 saturated carbocycles. The molecule has 2 N–H and O–H groups in total. The smallest absolute Gasteiger partial charge is 0.109 e. The topological polar surface area (TPSA) is 43.8 Å². The molecule has 0 bridgehead atoms. The van der Waals surface area contributed by atoms with Crippen LogP contribution in [0.5, 0.6) is 0 Å². The Morgan fingerprint density at radius 1 is 1.26 bits per heavy atom. The van der Waals surface area contributed by atoms with Gasteiger partial charge >= 0.3 is 0 Å². The molecule has 1 heterocycles. The molecule has 0 saturated heterocycles. The summed E-state index contributed by atoms with van der Waals surface area (Å²) in [5, 5.41) is 0. The fraction of sp³-hybridized carbons (Fsp3) is 0.562. The molecule has 1 fully saturated rings. The Labute approximate surface area is 114 Å². The van der Waals surface area contributed by atoms with Gasteiger partial charge in [0.25, 0.3) is 0 Å². The van der Waals surface area contributed by atoms with E-state index in [4.69, 9.17) is 5.73 Å². The Morgan fingerprint density at radius 2 is 2.00 bits per heavy atom. The maximum Gasteiger partial charge on any atom is 0.109 e. The molecule has 0 aliphatic heterocycles. The molecule has 1 aromatic heterocycles. The second kappa shape index (κ2) is 4.97. The number of hydrogen-bond donors (Lipinski definition) is 1. The fourth-order valence-electron chi connectivity index (χ4n) is 3.28. The van der Waals surface area contributed by atoms with E-state index in [9.17, 15) is 0 Å². The summed E-state index contributed by atoms with van der Waals surface area (Å²) < 4.78 is 2.23. The first-order valence-electron chi connectivity index (χ1n) is 7.40. The Balaban J connectivity index is 1.95. The molecule has 0 unspecified atom stereocenters. The van der Waals surface area contributed by atoms with Gasteiger partial charge in [0.1, 0.15) is 5.82 Å². The standard InChI is InChI=1S/C16H23N3/c1-3-16-18-14-9-6-12(10-15(14)19(16)2)11-4-7-13(17)8-5-11/h6,9-11,13H,3-5,7-8,17H2,1-2H3. The Hall–Kier alpha value is -1.35. The highest BCUT2D eigenvalue weighted by Crippen LogP contribution is 2.33. The van der Waals surface area contributed by atoms with Crippen LogP contribution in [0.25, 0.3) is 11.0 Å². The van der Waals surface area contributed by atoms with E-state index in [1.807, 2.05) is 0 Å². The van der Waals surface area contributed by atoms with Gasteiger partial charge < -0.3 is 10.3 Å². The van der Waals surface area contributed by atoms with Crippen LogP contribution in [0.2, 0.25) is 0 Å². The summed E-state index contributed by atoms with van der Waals surface area (Å²) in [7, 11) is 2.12. The molecular formula is C16H23N3. The van der Waals surface area contributed by atoms with Crippen LogP contribution >= 0.6 is 0 Å². The van der Waals surface area contributed by atoms with E-state index in [-0.39, 0.29) is 0 Å². The van der Waals surface area contributed by atoms with Crippen molar-refractivity contribution < 1.29 is 0 Å². The highest BCUT2D eigenvalue weighted by atomic mass is 15.1. The summed E-state index contributed by atoms with van der Waals surface area (Å²) in [4.78, 5) is 4.67. The molecule has 3 heteroatoms. The van der Waals surface area contributed by atoms with Crippen molar-refractivity contribution in [2.45, 2.75) is 51.0 Å². The van der Waals surface area contributed by atoms with E-state index in [0.717, 1.165) is 30.6 Å². The molecule has 2 aromatic rings. The molecule has 19 heavy (non-hydrogen) atoms. The van der Waals surface area contributed by atoms with Crippen molar-refractivity contribution in [2.24, 2.45) is 12.8 Å². The van der Waals surface area contributed by atoms with Crippen LogP contribution < -0.4 is 5.73 Å². The maximum absolute atomic E-state index is 6.00. The summed E-state index contributed by atoms with van der Waals surface area (Å²) in [6.07, 6.45) is 5.76. The molecule has 1 aromatic carbocycles. The average molecular weight is 257 g/mol. The van der Waals surface area contributed by atoms with E-state index in [1.165, 1.54) is 23.9 Å². The number of nitrogens with zero attached hydrogens (tertiary/aromatic N) is 2. The van der Waals surface area contributed by atoms with Gasteiger partial charge in [0.05, 0.1) is 11.0 Å². The lowest BCUT2D eigenvalue weighted by Gasteiger charge is -2.26. The Kier molecular flexibility index (Phi) is 3.31. The summed E-state index contributed by atoms with van der Waals surface area (Å²) in [5.41, 5.74) is 9.85. The van der Waals surface area contributed by atoms with Gasteiger partial charge in [-0.25, -0.2) is 4.98 Å². The zero-order chi connectivity index (χ0) is 13.4. The van der Waals surface area contributed by atoms with E-state index in [0.29, 0.717) is 12.0 Å². The van der Waals surface area contributed by atoms with Gasteiger partial charge in [0, 0.05) is 19.5 Å². The van der Waals surface area contributed by atoms with E-state index in [2.05, 4.69) is 41.7 Å². The molecular weight excluding hydrogens is 234 g/mol. The minimum atomic E-state index is 0.420. The molecule has 0 spiro atoms. The van der Waals surface area contributed by atoms with Crippen LogP contribution in [0.3, 0.4) is 0 Å². The Bertz CT molecular complexity index is 577. The lowest BCUT2D eigenvalue weighted by atomic mass is 9.82. The van der Waals surface area contributed by atoms with Crippen molar-refractivity contribution in [3.05, 3.63) is 29.6 Å². The number of imidazole rings is 1. The largest absolute Gasteiger partial charge is 0.331 e. The van der Waals surface area contributed by atoms with Crippen molar-refractivity contribution in [3.8, 4) is 0 Å². The summed E-state index contributed by atoms with van der Waals surface area (Å²) in [6.45, 7) is 2.16. The fourth-order valence-corrected chi connectivity index (χ4v) is 3.28. The summed E-state index contributed by atoms with van der Waals surface area (Å²) in [6, 6.07) is 7.20. The minimum absolute atomic E-state index is 0.420. The number of fused-ring (bicyclic) bond motifs is 1. The second-order valence-electron chi connectivity index (χ2n) is 5.80. The van der Waals surface area contributed by atoms with Crippen molar-refractivity contribution in [1.82, 2.24) is 9.55 Å². The lowest BCUT2D eigenvalue weighted by molar-refractivity contribution is 0.396. The van der Waals surface area contributed by atoms with Crippen LogP contribution in [0.15, 0.2) is 18.2 Å². The molecule has 0 radical (unpaired) electrons. The van der Waals surface area contributed by atoms with Gasteiger partial charge in [0.15, 0.2) is 0 Å². The first-order valence-corrected chi connectivity index (χ1v) is 7.40. The number of rotatable bonds is 2. The van der Waals surface area contributed by atoms with Crippen molar-refractivity contribution in [1.29, 1.82) is 0 Å². The first-order chi connectivity index (χ1) is 9.19. The maximum atomic E-state index is 6.00. The number of aromatic nitrogens is 2. The molecule has 1 aliphatic rings. The summed E-state index contributed by atoms with van der Waals surface area (Å²) in [5.74, 6) is 1.85. The second-order valence-corrected chi connectivity index (χ2v) is 5.80. The number of aryl methyl sites for hydroxylation is 2. The van der Waals surface area contributed by atoms with Crippen LogP contribution in [-0.2, 0) is 13.5 Å². The number of benzene rings is 1. The highest BCUT2D eigenvalue weighted by molar-refractivity contribution is 5.77. The number of nitrogens with two attached hydrogens (primary N) is 1. The third kappa shape index (κ3) is 2.27. The summed E-state index contributed by atoms with van der Waals surface area (Å²) >= 11 is 0. The lowest BCUT2D eigenvalue weighted by Crippen LogP contribution is -2.25. The van der Waals surface area contributed by atoms with E-state index in [1.54, 1.807) is 0 Å². The van der Waals surface area contributed by atoms with Gasteiger partial charge in [-0.05, 0) is 49.3 Å². The quantitative estimate of drug-likeness (QED) is 0.898. The molecule has 3 nitrogen and oxygen atoms in total. The van der Waals surface area contributed by atoms with Crippen LogP contribution in [0.4, 0.5) is 0 Å². The first kappa shape index (κ1) is 12.7. The van der Waals surface area contributed by atoms with Gasteiger partial charge in [-0.15, -0.1) is 0 Å². The average Bonchev–Trinajstić information content (AvgIpc) is 2.76. The van der Waals surface area contributed by atoms with Crippen LogP contribution in [0, 0.1) is 0 Å². The highest BCUT2D eigenvalue weighted by Gasteiger charge is 2.20. The molecule has 0 amide bonds. The third-order valence-corrected chi connectivity index (χ3v) is 4.56. The number of hydrogen-bond acceptors (Lipinski definition) is 2.